The minimum Gasteiger partial charge on any atom is -0.304 e. The van der Waals surface area contributed by atoms with Crippen molar-refractivity contribution in [1.82, 2.24) is 9.84 Å². The highest BCUT2D eigenvalue weighted by atomic mass is 35.5. The maximum atomic E-state index is 13.3. The third kappa shape index (κ3) is 3.37. The largest absolute Gasteiger partial charge is 0.304 e. The molecule has 0 saturated carbocycles. The quantitative estimate of drug-likeness (QED) is 0.699. The van der Waals surface area contributed by atoms with Gasteiger partial charge in [0.25, 0.3) is 10.0 Å². The molecular formula is C21H17ClN2O2S. The van der Waals surface area contributed by atoms with E-state index in [0.29, 0.717) is 5.02 Å². The molecule has 0 bridgehead atoms. The van der Waals surface area contributed by atoms with Crippen LogP contribution in [0, 0.1) is 0 Å². The molecule has 0 amide bonds. The summed E-state index contributed by atoms with van der Waals surface area (Å²) in [5.41, 5.74) is 5.41. The summed E-state index contributed by atoms with van der Waals surface area (Å²) in [6.07, 6.45) is 1.89. The molecule has 3 aromatic rings. The van der Waals surface area contributed by atoms with Crippen LogP contribution in [-0.2, 0) is 10.0 Å². The Kier molecular flexibility index (Phi) is 4.74. The summed E-state index contributed by atoms with van der Waals surface area (Å²) in [4.78, 5) is 0.220. The van der Waals surface area contributed by atoms with Gasteiger partial charge in [0.15, 0.2) is 0 Å². The number of hydrogen-bond acceptors (Lipinski definition) is 3. The molecule has 0 fully saturated rings. The van der Waals surface area contributed by atoms with Gasteiger partial charge in [0.1, 0.15) is 0 Å². The predicted molar refractivity (Wildman–Crippen MR) is 107 cm³/mol. The van der Waals surface area contributed by atoms with Crippen molar-refractivity contribution in [3.8, 4) is 0 Å². The lowest BCUT2D eigenvalue weighted by atomic mass is 10.1. The molecule has 4 nitrogen and oxygen atoms in total. The number of halogens is 1. The molecular weight excluding hydrogens is 380 g/mol. The second kappa shape index (κ2) is 7.19. The monoisotopic (exact) mass is 396 g/mol. The number of sulfonamides is 1. The number of nitrogens with one attached hydrogen (secondary N) is 1. The van der Waals surface area contributed by atoms with Gasteiger partial charge in [-0.05, 0) is 35.4 Å². The summed E-state index contributed by atoms with van der Waals surface area (Å²) in [6.45, 7) is 0. The van der Waals surface area contributed by atoms with E-state index in [4.69, 9.17) is 11.6 Å². The minimum atomic E-state index is -3.78. The highest BCUT2D eigenvalue weighted by Gasteiger charge is 2.37. The highest BCUT2D eigenvalue weighted by Crippen LogP contribution is 2.37. The molecule has 136 valence electrons. The Morgan fingerprint density at radius 1 is 0.815 bits per heavy atom. The molecule has 0 aliphatic carbocycles. The van der Waals surface area contributed by atoms with Crippen LogP contribution in [0.15, 0.2) is 95.9 Å². The molecule has 4 rings (SSSR count). The third-order valence-electron chi connectivity index (χ3n) is 4.42. The van der Waals surface area contributed by atoms with Gasteiger partial charge in [-0.25, -0.2) is 8.42 Å². The molecule has 3 aromatic carbocycles. The van der Waals surface area contributed by atoms with Crippen molar-refractivity contribution < 1.29 is 8.42 Å². The van der Waals surface area contributed by atoms with Crippen LogP contribution in [0.4, 0.5) is 0 Å². The first-order valence-electron chi connectivity index (χ1n) is 8.45. The molecule has 0 spiro atoms. The zero-order valence-corrected chi connectivity index (χ0v) is 15.9. The topological polar surface area (TPSA) is 49.4 Å². The van der Waals surface area contributed by atoms with Crippen molar-refractivity contribution in [2.75, 3.05) is 0 Å². The van der Waals surface area contributed by atoms with Crippen LogP contribution in [0.25, 0.3) is 5.70 Å². The lowest BCUT2D eigenvalue weighted by molar-refractivity contribution is 0.348. The SMILES string of the molecule is O=S(=O)(c1ccccc1)N1NC(c2ccccc2)=C[C@@H]1c1ccccc1Cl. The maximum absolute atomic E-state index is 13.3. The smallest absolute Gasteiger partial charge is 0.260 e. The molecule has 1 aliphatic rings. The van der Waals surface area contributed by atoms with E-state index in [-0.39, 0.29) is 4.90 Å². The second-order valence-corrected chi connectivity index (χ2v) is 8.36. The Balaban J connectivity index is 1.82. The van der Waals surface area contributed by atoms with Crippen molar-refractivity contribution >= 4 is 27.3 Å². The third-order valence-corrected chi connectivity index (χ3v) is 6.46. The Bertz CT molecular complexity index is 1080. The van der Waals surface area contributed by atoms with E-state index < -0.39 is 16.1 Å². The number of benzene rings is 3. The molecule has 1 heterocycles. The van der Waals surface area contributed by atoms with Gasteiger partial charge in [0.2, 0.25) is 0 Å². The normalized spacial score (nSPS) is 17.4. The summed E-state index contributed by atoms with van der Waals surface area (Å²) in [7, 11) is -3.78. The number of nitrogens with zero attached hydrogens (tertiary/aromatic N) is 1. The fraction of sp³-hybridized carbons (Fsp3) is 0.0476. The van der Waals surface area contributed by atoms with Crippen LogP contribution in [0.2, 0.25) is 5.02 Å². The van der Waals surface area contributed by atoms with E-state index in [1.54, 1.807) is 36.4 Å². The maximum Gasteiger partial charge on any atom is 0.260 e. The van der Waals surface area contributed by atoms with Gasteiger partial charge in [-0.2, -0.15) is 0 Å². The fourth-order valence-electron chi connectivity index (χ4n) is 3.08. The van der Waals surface area contributed by atoms with Crippen LogP contribution in [-0.4, -0.2) is 12.8 Å². The molecule has 1 aliphatic heterocycles. The van der Waals surface area contributed by atoms with Gasteiger partial charge >= 0.3 is 0 Å². The van der Waals surface area contributed by atoms with Gasteiger partial charge in [-0.3, -0.25) is 0 Å². The van der Waals surface area contributed by atoms with Crippen LogP contribution in [0.3, 0.4) is 0 Å². The zero-order valence-electron chi connectivity index (χ0n) is 14.3. The van der Waals surface area contributed by atoms with E-state index in [1.807, 2.05) is 54.6 Å². The average Bonchev–Trinajstić information content (AvgIpc) is 3.16. The highest BCUT2D eigenvalue weighted by molar-refractivity contribution is 7.89. The lowest BCUT2D eigenvalue weighted by Crippen LogP contribution is -2.39. The molecule has 1 atom stereocenters. The van der Waals surface area contributed by atoms with E-state index in [2.05, 4.69) is 5.43 Å². The molecule has 27 heavy (non-hydrogen) atoms. The average molecular weight is 397 g/mol. The summed E-state index contributed by atoms with van der Waals surface area (Å²) in [6, 6.07) is 24.7. The van der Waals surface area contributed by atoms with Crippen LogP contribution in [0.5, 0.6) is 0 Å². The second-order valence-electron chi connectivity index (χ2n) is 6.14. The van der Waals surface area contributed by atoms with E-state index in [9.17, 15) is 8.42 Å². The van der Waals surface area contributed by atoms with E-state index in [0.717, 1.165) is 16.8 Å². The van der Waals surface area contributed by atoms with Crippen LogP contribution >= 0.6 is 11.6 Å². The Morgan fingerprint density at radius 3 is 2.07 bits per heavy atom. The standard InChI is InChI=1S/C21H17ClN2O2S/c22-19-14-8-7-13-18(19)21-15-20(16-9-3-1-4-10-16)23-24(21)27(25,26)17-11-5-2-6-12-17/h1-15,21,23H/t21-/m1/s1. The van der Waals surface area contributed by atoms with Crippen molar-refractivity contribution in [2.45, 2.75) is 10.9 Å². The van der Waals surface area contributed by atoms with E-state index in [1.165, 1.54) is 4.41 Å². The predicted octanol–water partition coefficient (Wildman–Crippen LogP) is 4.63. The number of hydrogen-bond donors (Lipinski definition) is 1. The van der Waals surface area contributed by atoms with Crippen LogP contribution in [0.1, 0.15) is 17.2 Å². The van der Waals surface area contributed by atoms with E-state index >= 15 is 0 Å². The molecule has 0 saturated heterocycles. The molecule has 6 heteroatoms. The first-order valence-corrected chi connectivity index (χ1v) is 10.3. The van der Waals surface area contributed by atoms with Crippen molar-refractivity contribution in [2.24, 2.45) is 0 Å². The van der Waals surface area contributed by atoms with Gasteiger partial charge in [-0.1, -0.05) is 78.3 Å². The van der Waals surface area contributed by atoms with Gasteiger partial charge in [0, 0.05) is 5.02 Å². The van der Waals surface area contributed by atoms with Gasteiger partial charge in [0.05, 0.1) is 16.6 Å². The zero-order chi connectivity index (χ0) is 18.9. The number of hydrazine groups is 1. The number of rotatable bonds is 4. The Morgan fingerprint density at radius 2 is 1.41 bits per heavy atom. The molecule has 1 N–H and O–H groups in total. The van der Waals surface area contributed by atoms with Crippen molar-refractivity contribution in [1.29, 1.82) is 0 Å². The Hall–Kier alpha value is -2.60. The summed E-state index contributed by atoms with van der Waals surface area (Å²) in [5.74, 6) is 0. The Labute approximate surface area is 163 Å². The molecule has 0 aromatic heterocycles. The van der Waals surface area contributed by atoms with Crippen LogP contribution < -0.4 is 5.43 Å². The van der Waals surface area contributed by atoms with Gasteiger partial charge in [-0.15, -0.1) is 4.41 Å². The minimum absolute atomic E-state index is 0.220. The first kappa shape index (κ1) is 17.8. The lowest BCUT2D eigenvalue weighted by Gasteiger charge is -2.25. The first-order chi connectivity index (χ1) is 13.1. The molecule has 0 unspecified atom stereocenters. The summed E-state index contributed by atoms with van der Waals surface area (Å²) < 4.78 is 27.9. The molecule has 0 radical (unpaired) electrons. The van der Waals surface area contributed by atoms with Crippen molar-refractivity contribution in [3.05, 3.63) is 107 Å². The fourth-order valence-corrected chi connectivity index (χ4v) is 4.74. The summed E-state index contributed by atoms with van der Waals surface area (Å²) in [5, 5.41) is 0.517. The van der Waals surface area contributed by atoms with Crippen molar-refractivity contribution in [3.63, 3.8) is 0 Å². The summed E-state index contributed by atoms with van der Waals surface area (Å²) >= 11 is 6.38. The van der Waals surface area contributed by atoms with Gasteiger partial charge < -0.3 is 5.43 Å².